The van der Waals surface area contributed by atoms with Crippen LogP contribution >= 0.6 is 0 Å². The van der Waals surface area contributed by atoms with Crippen LogP contribution in [0.2, 0.25) is 0 Å². The van der Waals surface area contributed by atoms with Gasteiger partial charge in [-0.25, -0.2) is 13.2 Å². The van der Waals surface area contributed by atoms with Crippen molar-refractivity contribution >= 4 is 27.1 Å². The van der Waals surface area contributed by atoms with Crippen molar-refractivity contribution in [3.05, 3.63) is 70.8 Å². The standard InChI is InChI=1S/C19H15NO4S/c1-11-5-4-6-12(9-11)17-16-13-7-2-3-8-15(13)25(23,24)10-14(16)18(20-17)19(21)22/h2-9,17H,10H2,1H3,(H,21,22). The Labute approximate surface area is 145 Å². The molecule has 0 bridgehead atoms. The number of sulfone groups is 1. The Balaban J connectivity index is 2.01. The van der Waals surface area contributed by atoms with Gasteiger partial charge in [0.05, 0.1) is 10.6 Å². The van der Waals surface area contributed by atoms with Crippen molar-refractivity contribution in [1.29, 1.82) is 0 Å². The summed E-state index contributed by atoms with van der Waals surface area (Å²) in [4.78, 5) is 16.3. The van der Waals surface area contributed by atoms with Crippen LogP contribution in [0.5, 0.6) is 0 Å². The minimum absolute atomic E-state index is 0.153. The number of carbonyl (C=O) groups is 1. The molecular formula is C19H15NO4S. The van der Waals surface area contributed by atoms with Gasteiger partial charge in [0.25, 0.3) is 0 Å². The van der Waals surface area contributed by atoms with Crippen molar-refractivity contribution in [3.8, 4) is 0 Å². The molecule has 126 valence electrons. The van der Waals surface area contributed by atoms with Gasteiger partial charge < -0.3 is 5.11 Å². The maximum Gasteiger partial charge on any atom is 0.354 e. The number of rotatable bonds is 2. The van der Waals surface area contributed by atoms with Crippen LogP contribution in [0.1, 0.15) is 22.7 Å². The lowest BCUT2D eigenvalue weighted by atomic mass is 9.90. The summed E-state index contributed by atoms with van der Waals surface area (Å²) in [6.07, 6.45) is 0. The number of aliphatic carboxylic acids is 1. The molecule has 0 spiro atoms. The third kappa shape index (κ3) is 2.41. The normalized spacial score (nSPS) is 20.7. The minimum Gasteiger partial charge on any atom is -0.477 e. The monoisotopic (exact) mass is 353 g/mol. The number of aryl methyl sites for hydroxylation is 1. The van der Waals surface area contributed by atoms with Gasteiger partial charge in [0.1, 0.15) is 11.8 Å². The fourth-order valence-corrected chi connectivity index (χ4v) is 5.14. The summed E-state index contributed by atoms with van der Waals surface area (Å²) < 4.78 is 25.2. The second kappa shape index (κ2) is 5.39. The Morgan fingerprint density at radius 2 is 1.92 bits per heavy atom. The van der Waals surface area contributed by atoms with Crippen LogP contribution in [0, 0.1) is 6.92 Å². The van der Waals surface area contributed by atoms with Gasteiger partial charge in [-0.15, -0.1) is 0 Å². The molecule has 0 saturated carbocycles. The predicted molar refractivity (Wildman–Crippen MR) is 94.4 cm³/mol. The van der Waals surface area contributed by atoms with E-state index in [9.17, 15) is 18.3 Å². The highest BCUT2D eigenvalue weighted by atomic mass is 32.2. The highest BCUT2D eigenvalue weighted by Gasteiger charge is 2.41. The maximum atomic E-state index is 12.6. The van der Waals surface area contributed by atoms with Gasteiger partial charge in [-0.1, -0.05) is 48.0 Å². The molecule has 25 heavy (non-hydrogen) atoms. The van der Waals surface area contributed by atoms with Gasteiger partial charge in [0.2, 0.25) is 0 Å². The molecule has 5 nitrogen and oxygen atoms in total. The average Bonchev–Trinajstić information content (AvgIpc) is 2.94. The SMILES string of the molecule is Cc1cccc(C2N=C(C(=O)O)C3=C2c2ccccc2S(=O)(=O)C3)c1. The zero-order chi connectivity index (χ0) is 17.8. The van der Waals surface area contributed by atoms with Gasteiger partial charge in [0.15, 0.2) is 9.84 Å². The molecule has 1 unspecified atom stereocenters. The number of carboxylic acid groups (broad SMARTS) is 1. The molecule has 2 aromatic carbocycles. The molecule has 2 heterocycles. The Kier molecular flexibility index (Phi) is 3.40. The van der Waals surface area contributed by atoms with Crippen molar-refractivity contribution in [2.75, 3.05) is 5.75 Å². The van der Waals surface area contributed by atoms with E-state index in [2.05, 4.69) is 4.99 Å². The third-order valence-corrected chi connectivity index (χ3v) is 6.24. The average molecular weight is 353 g/mol. The Hall–Kier alpha value is -2.73. The van der Waals surface area contributed by atoms with E-state index in [1.807, 2.05) is 31.2 Å². The molecule has 1 N–H and O–H groups in total. The van der Waals surface area contributed by atoms with E-state index in [0.29, 0.717) is 16.7 Å². The van der Waals surface area contributed by atoms with Gasteiger partial charge in [-0.05, 0) is 29.7 Å². The van der Waals surface area contributed by atoms with Crippen LogP contribution in [0.3, 0.4) is 0 Å². The number of nitrogens with zero attached hydrogens (tertiary/aromatic N) is 1. The lowest BCUT2D eigenvalue weighted by Gasteiger charge is -2.22. The van der Waals surface area contributed by atoms with Crippen LogP contribution in [0.25, 0.3) is 5.57 Å². The summed E-state index contributed by atoms with van der Waals surface area (Å²) in [6, 6.07) is 13.9. The molecule has 4 rings (SSSR count). The van der Waals surface area contributed by atoms with Gasteiger partial charge in [-0.2, -0.15) is 0 Å². The Morgan fingerprint density at radius 1 is 1.16 bits per heavy atom. The van der Waals surface area contributed by atoms with E-state index < -0.39 is 21.8 Å². The first-order chi connectivity index (χ1) is 11.9. The number of hydrogen-bond donors (Lipinski definition) is 1. The molecule has 2 aromatic rings. The summed E-state index contributed by atoms with van der Waals surface area (Å²) in [7, 11) is -3.58. The Morgan fingerprint density at radius 3 is 2.64 bits per heavy atom. The first-order valence-electron chi connectivity index (χ1n) is 7.82. The molecule has 6 heteroatoms. The largest absolute Gasteiger partial charge is 0.477 e. The number of aliphatic imine (C=N–C) groups is 1. The number of fused-ring (bicyclic) bond motifs is 2. The van der Waals surface area contributed by atoms with Crippen molar-refractivity contribution in [2.45, 2.75) is 17.9 Å². The molecule has 0 saturated heterocycles. The first-order valence-corrected chi connectivity index (χ1v) is 9.47. The molecule has 0 aromatic heterocycles. The van der Waals surface area contributed by atoms with E-state index in [4.69, 9.17) is 0 Å². The second-order valence-corrected chi connectivity index (χ2v) is 8.21. The lowest BCUT2D eigenvalue weighted by molar-refractivity contribution is -0.129. The predicted octanol–water partition coefficient (Wildman–Crippen LogP) is 2.82. The third-order valence-electron chi connectivity index (χ3n) is 4.55. The van der Waals surface area contributed by atoms with Crippen LogP contribution < -0.4 is 0 Å². The van der Waals surface area contributed by atoms with Crippen molar-refractivity contribution in [2.24, 2.45) is 4.99 Å². The van der Waals surface area contributed by atoms with E-state index in [1.54, 1.807) is 24.3 Å². The minimum atomic E-state index is -3.58. The molecular weight excluding hydrogens is 338 g/mol. The zero-order valence-electron chi connectivity index (χ0n) is 13.4. The van der Waals surface area contributed by atoms with Crippen LogP contribution in [-0.2, 0) is 14.6 Å². The van der Waals surface area contributed by atoms with Crippen LogP contribution in [0.4, 0.5) is 0 Å². The number of hydrogen-bond acceptors (Lipinski definition) is 4. The summed E-state index contributed by atoms with van der Waals surface area (Å²) in [6.45, 7) is 1.95. The lowest BCUT2D eigenvalue weighted by Crippen LogP contribution is -2.24. The van der Waals surface area contributed by atoms with Crippen LogP contribution in [-0.4, -0.2) is 31.0 Å². The van der Waals surface area contributed by atoms with Crippen molar-refractivity contribution < 1.29 is 18.3 Å². The topological polar surface area (TPSA) is 83.8 Å². The van der Waals surface area contributed by atoms with Gasteiger partial charge in [0, 0.05) is 5.57 Å². The summed E-state index contributed by atoms with van der Waals surface area (Å²) in [5.74, 6) is -1.52. The van der Waals surface area contributed by atoms with Crippen molar-refractivity contribution in [3.63, 3.8) is 0 Å². The fourth-order valence-electron chi connectivity index (χ4n) is 3.51. The molecule has 0 radical (unpaired) electrons. The molecule has 2 aliphatic heterocycles. The van der Waals surface area contributed by atoms with E-state index in [-0.39, 0.29) is 16.4 Å². The molecule has 1 atom stereocenters. The van der Waals surface area contributed by atoms with E-state index in [0.717, 1.165) is 11.1 Å². The zero-order valence-corrected chi connectivity index (χ0v) is 14.2. The van der Waals surface area contributed by atoms with Crippen LogP contribution in [0.15, 0.2) is 64.0 Å². The molecule has 2 aliphatic rings. The summed E-state index contributed by atoms with van der Waals surface area (Å²) in [5.41, 5.74) is 3.29. The van der Waals surface area contributed by atoms with Crippen molar-refractivity contribution in [1.82, 2.24) is 0 Å². The summed E-state index contributed by atoms with van der Waals surface area (Å²) in [5, 5.41) is 9.53. The highest BCUT2D eigenvalue weighted by Crippen LogP contribution is 2.46. The van der Waals surface area contributed by atoms with E-state index in [1.165, 1.54) is 0 Å². The van der Waals surface area contributed by atoms with Gasteiger partial charge in [-0.3, -0.25) is 4.99 Å². The quantitative estimate of drug-likeness (QED) is 0.900. The fraction of sp³-hybridized carbons (Fsp3) is 0.158. The molecule has 0 aliphatic carbocycles. The number of carboxylic acids is 1. The Bertz CT molecular complexity index is 1080. The first kappa shape index (κ1) is 15.8. The maximum absolute atomic E-state index is 12.6. The highest BCUT2D eigenvalue weighted by molar-refractivity contribution is 7.91. The van der Waals surface area contributed by atoms with E-state index >= 15 is 0 Å². The summed E-state index contributed by atoms with van der Waals surface area (Å²) >= 11 is 0. The molecule has 0 fully saturated rings. The number of benzene rings is 2. The van der Waals surface area contributed by atoms with Gasteiger partial charge >= 0.3 is 5.97 Å². The smallest absolute Gasteiger partial charge is 0.354 e. The molecule has 0 amide bonds. The second-order valence-electron chi connectivity index (χ2n) is 6.25.